The second kappa shape index (κ2) is 7.33. The van der Waals surface area contributed by atoms with E-state index in [1.165, 1.54) is 0 Å². The molecule has 0 saturated carbocycles. The summed E-state index contributed by atoms with van der Waals surface area (Å²) in [5.41, 5.74) is 6.12. The van der Waals surface area contributed by atoms with Crippen LogP contribution in [-0.2, 0) is 13.3 Å². The fourth-order valence-electron chi connectivity index (χ4n) is 1.69. The van der Waals surface area contributed by atoms with Crippen molar-refractivity contribution in [1.82, 2.24) is 16.0 Å². The first kappa shape index (κ1) is 14.0. The van der Waals surface area contributed by atoms with Gasteiger partial charge in [-0.3, -0.25) is 0 Å². The quantitative estimate of drug-likeness (QED) is 0.586. The maximum absolute atomic E-state index is 5.76. The van der Waals surface area contributed by atoms with Gasteiger partial charge in [0.05, 0.1) is 6.17 Å². The molecule has 1 aliphatic rings. The maximum atomic E-state index is 5.76. The Morgan fingerprint density at radius 3 is 2.00 bits per heavy atom. The molecular weight excluding hydrogens is 226 g/mol. The summed E-state index contributed by atoms with van der Waals surface area (Å²) in [4.78, 5) is 0. The van der Waals surface area contributed by atoms with Crippen LogP contribution < -0.4 is 11.0 Å². The van der Waals surface area contributed by atoms with Crippen molar-refractivity contribution < 1.29 is 13.3 Å². The van der Waals surface area contributed by atoms with E-state index in [2.05, 4.69) is 11.0 Å². The zero-order valence-electron chi connectivity index (χ0n) is 10.4. The summed E-state index contributed by atoms with van der Waals surface area (Å²) in [5.74, 6) is 0. The molecule has 0 aliphatic carbocycles. The third-order valence-corrected chi connectivity index (χ3v) is 5.18. The molecule has 0 aromatic carbocycles. The van der Waals surface area contributed by atoms with E-state index in [1.54, 1.807) is 0 Å². The molecule has 0 bridgehead atoms. The molecule has 0 spiro atoms. The van der Waals surface area contributed by atoms with Crippen LogP contribution in [0.4, 0.5) is 0 Å². The molecule has 1 saturated heterocycles. The highest BCUT2D eigenvalue weighted by atomic mass is 28.4. The van der Waals surface area contributed by atoms with E-state index in [9.17, 15) is 0 Å². The van der Waals surface area contributed by atoms with Crippen LogP contribution in [0.5, 0.6) is 0 Å². The van der Waals surface area contributed by atoms with Gasteiger partial charge in [-0.2, -0.15) is 5.53 Å². The van der Waals surface area contributed by atoms with Crippen LogP contribution in [0, 0.1) is 0 Å². The van der Waals surface area contributed by atoms with Gasteiger partial charge < -0.3 is 13.3 Å². The van der Waals surface area contributed by atoms with Gasteiger partial charge in [0, 0.05) is 32.9 Å². The van der Waals surface area contributed by atoms with E-state index < -0.39 is 8.80 Å². The summed E-state index contributed by atoms with van der Waals surface area (Å²) in [6.07, 6.45) is 0.676. The van der Waals surface area contributed by atoms with Crippen LogP contribution in [0.2, 0.25) is 0 Å². The summed E-state index contributed by atoms with van der Waals surface area (Å²) >= 11 is 0. The number of nitrogens with one attached hydrogen (secondary N) is 2. The lowest BCUT2D eigenvalue weighted by Crippen LogP contribution is -2.57. The highest BCUT2D eigenvalue weighted by Crippen LogP contribution is 2.12. The molecule has 1 rings (SSSR count). The lowest BCUT2D eigenvalue weighted by Gasteiger charge is -2.31. The molecule has 0 atom stereocenters. The van der Waals surface area contributed by atoms with Gasteiger partial charge in [-0.1, -0.05) is 0 Å². The lowest BCUT2D eigenvalue weighted by molar-refractivity contribution is 0.0529. The van der Waals surface area contributed by atoms with Crippen LogP contribution in [0.3, 0.4) is 0 Å². The first-order valence-electron chi connectivity index (χ1n) is 5.91. The molecule has 0 amide bonds. The SMILES string of the molecule is CCO[Si](CN1CCNN1)(OCC)OCC. The van der Waals surface area contributed by atoms with Crippen molar-refractivity contribution >= 4 is 8.80 Å². The topological polar surface area (TPSA) is 55.0 Å². The lowest BCUT2D eigenvalue weighted by atomic mass is 10.7. The van der Waals surface area contributed by atoms with Gasteiger partial charge >= 0.3 is 8.80 Å². The van der Waals surface area contributed by atoms with Crippen LogP contribution in [0.15, 0.2) is 0 Å². The zero-order valence-corrected chi connectivity index (χ0v) is 11.4. The zero-order chi connectivity index (χ0) is 11.9. The van der Waals surface area contributed by atoms with Crippen molar-refractivity contribution in [2.24, 2.45) is 0 Å². The Balaban J connectivity index is 2.56. The van der Waals surface area contributed by atoms with E-state index in [0.717, 1.165) is 13.1 Å². The molecule has 1 aliphatic heterocycles. The Morgan fingerprint density at radius 1 is 1.06 bits per heavy atom. The van der Waals surface area contributed by atoms with Crippen LogP contribution in [0.25, 0.3) is 0 Å². The predicted octanol–water partition coefficient (Wildman–Crippen LogP) is -0.101. The van der Waals surface area contributed by atoms with E-state index in [0.29, 0.717) is 26.0 Å². The molecule has 16 heavy (non-hydrogen) atoms. The fraction of sp³-hybridized carbons (Fsp3) is 1.00. The summed E-state index contributed by atoms with van der Waals surface area (Å²) in [6.45, 7) is 9.62. The monoisotopic (exact) mass is 249 g/mol. The number of hydrogen-bond acceptors (Lipinski definition) is 6. The van der Waals surface area contributed by atoms with Crippen molar-refractivity contribution in [2.75, 3.05) is 39.1 Å². The Morgan fingerprint density at radius 2 is 1.62 bits per heavy atom. The molecule has 0 unspecified atom stereocenters. The Hall–Kier alpha value is -0.0231. The summed E-state index contributed by atoms with van der Waals surface area (Å²) in [7, 11) is -2.54. The second-order valence-electron chi connectivity index (χ2n) is 3.44. The number of nitrogens with zero attached hydrogens (tertiary/aromatic N) is 1. The average molecular weight is 249 g/mol. The van der Waals surface area contributed by atoms with Gasteiger partial charge in [-0.15, -0.1) is 0 Å². The molecule has 7 heteroatoms. The third-order valence-electron chi connectivity index (χ3n) is 2.22. The van der Waals surface area contributed by atoms with Gasteiger partial charge in [0.25, 0.3) is 0 Å². The smallest absolute Gasteiger partial charge is 0.373 e. The minimum absolute atomic E-state index is 0.619. The first-order chi connectivity index (χ1) is 7.76. The second-order valence-corrected chi connectivity index (χ2v) is 5.99. The van der Waals surface area contributed by atoms with E-state index in [1.807, 2.05) is 25.8 Å². The minimum atomic E-state index is -2.54. The number of hydrogen-bond donors (Lipinski definition) is 2. The van der Waals surface area contributed by atoms with Gasteiger partial charge in [0.2, 0.25) is 0 Å². The number of hydrazine groups is 2. The molecule has 1 fully saturated rings. The Kier molecular flexibility index (Phi) is 6.43. The fourth-order valence-corrected chi connectivity index (χ4v) is 4.24. The third kappa shape index (κ3) is 4.09. The molecule has 0 radical (unpaired) electrons. The van der Waals surface area contributed by atoms with Crippen molar-refractivity contribution in [3.8, 4) is 0 Å². The summed E-state index contributed by atoms with van der Waals surface area (Å²) in [6, 6.07) is 0. The van der Waals surface area contributed by atoms with Gasteiger partial charge in [-0.25, -0.2) is 10.4 Å². The van der Waals surface area contributed by atoms with E-state index in [4.69, 9.17) is 13.3 Å². The van der Waals surface area contributed by atoms with Gasteiger partial charge in [0.15, 0.2) is 0 Å². The summed E-state index contributed by atoms with van der Waals surface area (Å²) in [5, 5.41) is 2.05. The normalized spacial score (nSPS) is 18.2. The molecule has 96 valence electrons. The first-order valence-corrected chi connectivity index (χ1v) is 7.84. The van der Waals surface area contributed by atoms with Gasteiger partial charge in [-0.05, 0) is 20.8 Å². The molecule has 0 aromatic rings. The van der Waals surface area contributed by atoms with E-state index in [-0.39, 0.29) is 0 Å². The molecule has 6 nitrogen and oxygen atoms in total. The van der Waals surface area contributed by atoms with Crippen molar-refractivity contribution in [3.05, 3.63) is 0 Å². The summed E-state index contributed by atoms with van der Waals surface area (Å²) < 4.78 is 17.3. The van der Waals surface area contributed by atoms with Crippen LogP contribution in [0.1, 0.15) is 20.8 Å². The van der Waals surface area contributed by atoms with Crippen LogP contribution >= 0.6 is 0 Å². The average Bonchev–Trinajstić information content (AvgIpc) is 2.71. The van der Waals surface area contributed by atoms with Crippen molar-refractivity contribution in [3.63, 3.8) is 0 Å². The molecule has 2 N–H and O–H groups in total. The maximum Gasteiger partial charge on any atom is 0.517 e. The molecule has 0 aromatic heterocycles. The highest BCUT2D eigenvalue weighted by Gasteiger charge is 2.43. The minimum Gasteiger partial charge on any atom is -0.373 e. The Bertz CT molecular complexity index is 174. The molecule has 1 heterocycles. The molecular formula is C9H23N3O3Si. The van der Waals surface area contributed by atoms with Crippen molar-refractivity contribution in [1.29, 1.82) is 0 Å². The van der Waals surface area contributed by atoms with Crippen molar-refractivity contribution in [2.45, 2.75) is 20.8 Å². The highest BCUT2D eigenvalue weighted by molar-refractivity contribution is 6.60. The van der Waals surface area contributed by atoms with E-state index >= 15 is 0 Å². The predicted molar refractivity (Wildman–Crippen MR) is 63.3 cm³/mol. The standard InChI is InChI=1S/C9H23N3O3Si/c1-4-13-16(14-5-2,15-6-3)9-12-8-7-10-11-12/h10-11H,4-9H2,1-3H3. The number of rotatable bonds is 8. The van der Waals surface area contributed by atoms with Gasteiger partial charge in [0.1, 0.15) is 0 Å². The largest absolute Gasteiger partial charge is 0.517 e. The Labute approximate surface area is 98.5 Å². The van der Waals surface area contributed by atoms with Crippen LogP contribution in [-0.4, -0.2) is 52.9 Å².